The van der Waals surface area contributed by atoms with E-state index >= 15 is 0 Å². The van der Waals surface area contributed by atoms with Crippen LogP contribution in [0.2, 0.25) is 0 Å². The molecule has 2 aliphatic heterocycles. The Hall–Kier alpha value is -3.29. The summed E-state index contributed by atoms with van der Waals surface area (Å²) in [6.07, 6.45) is 1.75. The number of piperazine rings is 1. The number of carbonyl (C=O) groups is 1. The number of aryl methyl sites for hydroxylation is 1. The van der Waals surface area contributed by atoms with Gasteiger partial charge in [0, 0.05) is 42.9 Å². The molecule has 5 rings (SSSR count). The van der Waals surface area contributed by atoms with Crippen LogP contribution in [-0.2, 0) is 6.54 Å². The molecule has 2 heterocycles. The van der Waals surface area contributed by atoms with E-state index in [4.69, 9.17) is 9.47 Å². The molecule has 7 heteroatoms. The Morgan fingerprint density at radius 2 is 1.80 bits per heavy atom. The minimum absolute atomic E-state index is 0.154. The minimum Gasteiger partial charge on any atom is -0.507 e. The molecule has 0 unspecified atom stereocenters. The average molecular weight is 535 g/mol. The summed E-state index contributed by atoms with van der Waals surface area (Å²) in [4.78, 5) is 17.8. The molecule has 2 aliphatic rings. The first-order chi connectivity index (χ1) is 16.9. The SMILES string of the molecule is COc1ccc(N2CCN(Cc3c(O)cc(C)c4c3O/C(=C\c3ccccc3Br)C4=O)CC2)cc1. The average Bonchev–Trinajstić information content (AvgIpc) is 3.20. The number of Topliss-reactive ketones (excluding diaryl/α,β-unsaturated/α-hetero) is 1. The maximum Gasteiger partial charge on any atom is 0.232 e. The summed E-state index contributed by atoms with van der Waals surface area (Å²) in [5.41, 5.74) is 3.94. The van der Waals surface area contributed by atoms with E-state index < -0.39 is 0 Å². The van der Waals surface area contributed by atoms with Gasteiger partial charge in [-0.3, -0.25) is 9.69 Å². The van der Waals surface area contributed by atoms with E-state index in [0.29, 0.717) is 29.0 Å². The van der Waals surface area contributed by atoms with Crippen molar-refractivity contribution in [3.05, 3.63) is 87.1 Å². The summed E-state index contributed by atoms with van der Waals surface area (Å²) in [7, 11) is 1.67. The number of allylic oxidation sites excluding steroid dienone is 1. The predicted molar refractivity (Wildman–Crippen MR) is 140 cm³/mol. The molecular formula is C28H27BrN2O4. The van der Waals surface area contributed by atoms with Crippen LogP contribution in [-0.4, -0.2) is 49.1 Å². The van der Waals surface area contributed by atoms with Crippen molar-refractivity contribution in [2.75, 3.05) is 38.2 Å². The van der Waals surface area contributed by atoms with E-state index in [0.717, 1.165) is 42.0 Å². The largest absolute Gasteiger partial charge is 0.507 e. The molecule has 6 nitrogen and oxygen atoms in total. The number of ketones is 1. The fraction of sp³-hybridized carbons (Fsp3) is 0.250. The number of carbonyl (C=O) groups excluding carboxylic acids is 1. The van der Waals surface area contributed by atoms with Gasteiger partial charge in [0.05, 0.1) is 18.2 Å². The van der Waals surface area contributed by atoms with Crippen molar-refractivity contribution in [2.45, 2.75) is 13.5 Å². The number of benzene rings is 3. The van der Waals surface area contributed by atoms with Crippen molar-refractivity contribution in [1.82, 2.24) is 4.90 Å². The Labute approximate surface area is 213 Å². The van der Waals surface area contributed by atoms with Crippen LogP contribution in [0.4, 0.5) is 5.69 Å². The highest BCUT2D eigenvalue weighted by Crippen LogP contribution is 2.42. The predicted octanol–water partition coefficient (Wildman–Crippen LogP) is 5.41. The maximum atomic E-state index is 13.2. The van der Waals surface area contributed by atoms with Crippen molar-refractivity contribution >= 4 is 33.5 Å². The summed E-state index contributed by atoms with van der Waals surface area (Å²) < 4.78 is 12.2. The third-order valence-corrected chi connectivity index (χ3v) is 7.33. The first-order valence-electron chi connectivity index (χ1n) is 11.6. The van der Waals surface area contributed by atoms with Crippen LogP contribution in [0.3, 0.4) is 0 Å². The number of fused-ring (bicyclic) bond motifs is 1. The second-order valence-electron chi connectivity index (χ2n) is 8.82. The van der Waals surface area contributed by atoms with Gasteiger partial charge in [-0.2, -0.15) is 0 Å². The van der Waals surface area contributed by atoms with Crippen molar-refractivity contribution in [3.63, 3.8) is 0 Å². The third kappa shape index (κ3) is 4.66. The van der Waals surface area contributed by atoms with E-state index in [1.54, 1.807) is 19.3 Å². The number of hydrogen-bond acceptors (Lipinski definition) is 6. The molecular weight excluding hydrogens is 508 g/mol. The molecule has 0 radical (unpaired) electrons. The van der Waals surface area contributed by atoms with Crippen molar-refractivity contribution < 1.29 is 19.4 Å². The molecule has 1 N–H and O–H groups in total. The quantitative estimate of drug-likeness (QED) is 0.441. The van der Waals surface area contributed by atoms with E-state index in [1.165, 1.54) is 5.69 Å². The van der Waals surface area contributed by atoms with E-state index in [1.807, 2.05) is 43.3 Å². The zero-order chi connectivity index (χ0) is 24.5. The fourth-order valence-electron chi connectivity index (χ4n) is 4.65. The molecule has 35 heavy (non-hydrogen) atoms. The smallest absolute Gasteiger partial charge is 0.232 e. The molecule has 3 aromatic carbocycles. The van der Waals surface area contributed by atoms with Crippen LogP contribution < -0.4 is 14.4 Å². The lowest BCUT2D eigenvalue weighted by atomic mass is 9.99. The molecule has 0 aromatic heterocycles. The molecule has 0 saturated carbocycles. The van der Waals surface area contributed by atoms with Gasteiger partial charge in [0.15, 0.2) is 5.76 Å². The number of aromatic hydroxyl groups is 1. The van der Waals surface area contributed by atoms with Gasteiger partial charge in [-0.15, -0.1) is 0 Å². The van der Waals surface area contributed by atoms with Gasteiger partial charge < -0.3 is 19.5 Å². The lowest BCUT2D eigenvalue weighted by molar-refractivity contribution is 0.101. The van der Waals surface area contributed by atoms with E-state index in [-0.39, 0.29) is 17.3 Å². The highest BCUT2D eigenvalue weighted by Gasteiger charge is 2.34. The molecule has 0 amide bonds. The van der Waals surface area contributed by atoms with E-state index in [2.05, 4.69) is 37.9 Å². The van der Waals surface area contributed by atoms with Crippen molar-refractivity contribution in [3.8, 4) is 17.2 Å². The topological polar surface area (TPSA) is 62.2 Å². The number of phenols is 1. The van der Waals surface area contributed by atoms with Crippen LogP contribution in [0, 0.1) is 6.92 Å². The number of rotatable bonds is 5. The molecule has 0 atom stereocenters. The van der Waals surface area contributed by atoms with Crippen LogP contribution >= 0.6 is 15.9 Å². The Morgan fingerprint density at radius 3 is 2.49 bits per heavy atom. The molecule has 180 valence electrons. The number of ether oxygens (including phenoxy) is 2. The van der Waals surface area contributed by atoms with Crippen LogP contribution in [0.15, 0.2) is 64.8 Å². The van der Waals surface area contributed by atoms with Crippen LogP contribution in [0.5, 0.6) is 17.2 Å². The number of anilines is 1. The first-order valence-corrected chi connectivity index (χ1v) is 12.4. The highest BCUT2D eigenvalue weighted by molar-refractivity contribution is 9.10. The van der Waals surface area contributed by atoms with Crippen LogP contribution in [0.1, 0.15) is 27.0 Å². The number of nitrogens with zero attached hydrogens (tertiary/aromatic N) is 2. The third-order valence-electron chi connectivity index (χ3n) is 6.60. The molecule has 3 aromatic rings. The van der Waals surface area contributed by atoms with Gasteiger partial charge in [-0.25, -0.2) is 0 Å². The zero-order valence-corrected chi connectivity index (χ0v) is 21.3. The fourth-order valence-corrected chi connectivity index (χ4v) is 5.05. The van der Waals surface area contributed by atoms with Gasteiger partial charge in [-0.05, 0) is 60.5 Å². The zero-order valence-electron chi connectivity index (χ0n) is 19.8. The number of methoxy groups -OCH3 is 1. The number of halogens is 1. The highest BCUT2D eigenvalue weighted by atomic mass is 79.9. The van der Waals surface area contributed by atoms with Gasteiger partial charge in [0.1, 0.15) is 17.2 Å². The van der Waals surface area contributed by atoms with E-state index in [9.17, 15) is 9.90 Å². The Kier molecular flexibility index (Phi) is 6.54. The summed E-state index contributed by atoms with van der Waals surface area (Å²) in [6.45, 7) is 5.75. The Bertz CT molecular complexity index is 1300. The second-order valence-corrected chi connectivity index (χ2v) is 9.67. The molecule has 0 bridgehead atoms. The summed E-state index contributed by atoms with van der Waals surface area (Å²) >= 11 is 3.53. The van der Waals surface area contributed by atoms with Crippen LogP contribution in [0.25, 0.3) is 6.08 Å². The Morgan fingerprint density at radius 1 is 1.09 bits per heavy atom. The summed E-state index contributed by atoms with van der Waals surface area (Å²) in [5.74, 6) is 1.60. The van der Waals surface area contributed by atoms with Gasteiger partial charge in [0.25, 0.3) is 0 Å². The Balaban J connectivity index is 1.34. The lowest BCUT2D eigenvalue weighted by Crippen LogP contribution is -2.46. The molecule has 1 fully saturated rings. The lowest BCUT2D eigenvalue weighted by Gasteiger charge is -2.36. The summed E-state index contributed by atoms with van der Waals surface area (Å²) in [5, 5.41) is 10.8. The molecule has 0 spiro atoms. The standard InChI is InChI=1S/C28H27BrN2O4/c1-18-15-24(32)22(17-30-11-13-31(14-12-30)20-7-9-21(34-2)10-8-20)28-26(18)27(33)25(35-28)16-19-5-3-4-6-23(19)29/h3-10,15-16,32H,11-14,17H2,1-2H3/b25-16-. The second kappa shape index (κ2) is 9.76. The van der Waals surface area contributed by atoms with Crippen molar-refractivity contribution in [2.24, 2.45) is 0 Å². The van der Waals surface area contributed by atoms with Gasteiger partial charge >= 0.3 is 0 Å². The van der Waals surface area contributed by atoms with Gasteiger partial charge in [0.2, 0.25) is 5.78 Å². The first kappa shape index (κ1) is 23.5. The number of hydrogen-bond donors (Lipinski definition) is 1. The normalized spacial score (nSPS) is 16.9. The number of phenolic OH excluding ortho intramolecular Hbond substituents is 1. The monoisotopic (exact) mass is 534 g/mol. The van der Waals surface area contributed by atoms with Gasteiger partial charge in [-0.1, -0.05) is 34.1 Å². The maximum absolute atomic E-state index is 13.2. The minimum atomic E-state index is -0.154. The van der Waals surface area contributed by atoms with Crippen molar-refractivity contribution in [1.29, 1.82) is 0 Å². The molecule has 0 aliphatic carbocycles. The summed E-state index contributed by atoms with van der Waals surface area (Å²) in [6, 6.07) is 17.5. The molecule has 1 saturated heterocycles.